The molecule has 0 saturated heterocycles. The van der Waals surface area contributed by atoms with Crippen LogP contribution < -0.4 is 4.74 Å². The first-order chi connectivity index (χ1) is 10.5. The van der Waals surface area contributed by atoms with Crippen molar-refractivity contribution in [2.24, 2.45) is 0 Å². The number of carboxylic acid groups (broad SMARTS) is 1. The number of fused-ring (bicyclic) bond motifs is 1. The molecule has 1 aromatic carbocycles. The second-order valence-corrected chi connectivity index (χ2v) is 5.46. The van der Waals surface area contributed by atoms with Crippen LogP contribution in [0.15, 0.2) is 42.7 Å². The zero-order valence-electron chi connectivity index (χ0n) is 12.1. The van der Waals surface area contributed by atoms with Crippen LogP contribution in [0.5, 0.6) is 5.75 Å². The number of aryl methyl sites for hydroxylation is 1. The second-order valence-electron chi connectivity index (χ2n) is 5.02. The van der Waals surface area contributed by atoms with Crippen molar-refractivity contribution in [3.05, 3.63) is 58.9 Å². The summed E-state index contributed by atoms with van der Waals surface area (Å²) < 4.78 is 7.24. The van der Waals surface area contributed by atoms with Crippen LogP contribution in [0, 0.1) is 6.92 Å². The minimum Gasteiger partial charge on any atom is -0.496 e. The number of hydrogen-bond acceptors (Lipinski definition) is 2. The molecule has 1 N–H and O–H groups in total. The SMILES string of the molecule is COc1c(C)cc(Cl)cc1-c1cn2ccccc2c1C(=O)O. The largest absolute Gasteiger partial charge is 0.496 e. The predicted molar refractivity (Wildman–Crippen MR) is 86.1 cm³/mol. The molecule has 112 valence electrons. The highest BCUT2D eigenvalue weighted by Gasteiger charge is 2.21. The minimum atomic E-state index is -0.983. The molecular weight excluding hydrogens is 302 g/mol. The summed E-state index contributed by atoms with van der Waals surface area (Å²) in [4.78, 5) is 11.8. The van der Waals surface area contributed by atoms with Gasteiger partial charge in [-0.1, -0.05) is 17.7 Å². The molecule has 0 aliphatic rings. The smallest absolute Gasteiger partial charge is 0.338 e. The molecule has 22 heavy (non-hydrogen) atoms. The van der Waals surface area contributed by atoms with E-state index in [1.54, 1.807) is 35.9 Å². The van der Waals surface area contributed by atoms with E-state index in [2.05, 4.69) is 0 Å². The Kier molecular flexibility index (Phi) is 3.54. The maximum absolute atomic E-state index is 11.8. The van der Waals surface area contributed by atoms with Gasteiger partial charge in [0.15, 0.2) is 0 Å². The van der Waals surface area contributed by atoms with Crippen molar-refractivity contribution in [3.63, 3.8) is 0 Å². The normalized spacial score (nSPS) is 10.9. The highest BCUT2D eigenvalue weighted by atomic mass is 35.5. The molecule has 4 nitrogen and oxygen atoms in total. The van der Waals surface area contributed by atoms with Gasteiger partial charge in [0, 0.05) is 28.5 Å². The Morgan fingerprint density at radius 1 is 1.27 bits per heavy atom. The minimum absolute atomic E-state index is 0.237. The molecule has 5 heteroatoms. The number of hydrogen-bond donors (Lipinski definition) is 1. The summed E-state index contributed by atoms with van der Waals surface area (Å²) in [6, 6.07) is 8.96. The zero-order valence-corrected chi connectivity index (χ0v) is 12.9. The van der Waals surface area contributed by atoms with Crippen molar-refractivity contribution in [2.45, 2.75) is 6.92 Å². The first-order valence-electron chi connectivity index (χ1n) is 6.70. The maximum atomic E-state index is 11.8. The summed E-state index contributed by atoms with van der Waals surface area (Å²) in [5.41, 5.74) is 2.98. The van der Waals surface area contributed by atoms with Crippen LogP contribution >= 0.6 is 11.6 Å². The number of carbonyl (C=O) groups is 1. The summed E-state index contributed by atoms with van der Waals surface area (Å²) in [6.45, 7) is 1.88. The van der Waals surface area contributed by atoms with Gasteiger partial charge in [0.25, 0.3) is 0 Å². The third kappa shape index (κ3) is 2.22. The summed E-state index contributed by atoms with van der Waals surface area (Å²) in [5, 5.41) is 10.2. The standard InChI is InChI=1S/C17H14ClNO3/c1-10-7-11(18)8-12(16(10)22-2)13-9-19-6-4-3-5-14(19)15(13)17(20)21/h3-9H,1-2H3,(H,20,21). The average molecular weight is 316 g/mol. The molecule has 0 saturated carbocycles. The maximum Gasteiger partial charge on any atom is 0.338 e. The number of rotatable bonds is 3. The van der Waals surface area contributed by atoms with E-state index in [0.717, 1.165) is 5.56 Å². The molecule has 2 heterocycles. The number of benzene rings is 1. The van der Waals surface area contributed by atoms with Crippen molar-refractivity contribution in [3.8, 4) is 16.9 Å². The molecule has 2 aromatic heterocycles. The number of aromatic nitrogens is 1. The van der Waals surface area contributed by atoms with Gasteiger partial charge < -0.3 is 14.2 Å². The lowest BCUT2D eigenvalue weighted by Gasteiger charge is -2.12. The van der Waals surface area contributed by atoms with Gasteiger partial charge in [-0.2, -0.15) is 0 Å². The van der Waals surface area contributed by atoms with Crippen molar-refractivity contribution in [1.29, 1.82) is 0 Å². The Morgan fingerprint density at radius 3 is 2.73 bits per heavy atom. The van der Waals surface area contributed by atoms with Gasteiger partial charge in [0.2, 0.25) is 0 Å². The molecule has 0 atom stereocenters. The number of halogens is 1. The van der Waals surface area contributed by atoms with Crippen LogP contribution in [0.3, 0.4) is 0 Å². The lowest BCUT2D eigenvalue weighted by molar-refractivity contribution is 0.0700. The molecule has 0 radical (unpaired) electrons. The fraction of sp³-hybridized carbons (Fsp3) is 0.118. The monoisotopic (exact) mass is 315 g/mol. The Labute approximate surface area is 132 Å². The van der Waals surface area contributed by atoms with E-state index in [-0.39, 0.29) is 5.56 Å². The number of aromatic carboxylic acids is 1. The summed E-state index contributed by atoms with van der Waals surface area (Å²) >= 11 is 6.15. The topological polar surface area (TPSA) is 50.9 Å². The molecule has 0 aliphatic carbocycles. The number of nitrogens with zero attached hydrogens (tertiary/aromatic N) is 1. The van der Waals surface area contributed by atoms with Gasteiger partial charge in [-0.05, 0) is 36.8 Å². The molecule has 0 unspecified atom stereocenters. The Bertz CT molecular complexity index is 883. The molecule has 0 aliphatic heterocycles. The summed E-state index contributed by atoms with van der Waals surface area (Å²) in [7, 11) is 1.57. The third-order valence-electron chi connectivity index (χ3n) is 3.63. The Balaban J connectivity index is 2.40. The van der Waals surface area contributed by atoms with Gasteiger partial charge in [-0.15, -0.1) is 0 Å². The predicted octanol–water partition coefficient (Wildman–Crippen LogP) is 4.27. The number of carboxylic acids is 1. The number of methoxy groups -OCH3 is 1. The Morgan fingerprint density at radius 2 is 2.05 bits per heavy atom. The van der Waals surface area contributed by atoms with Gasteiger partial charge in [-0.25, -0.2) is 4.79 Å². The lowest BCUT2D eigenvalue weighted by atomic mass is 10.00. The van der Waals surface area contributed by atoms with E-state index in [1.807, 2.05) is 25.3 Å². The molecule has 3 aromatic rings. The van der Waals surface area contributed by atoms with Crippen LogP contribution in [0.1, 0.15) is 15.9 Å². The molecule has 0 fully saturated rings. The van der Waals surface area contributed by atoms with E-state index in [1.165, 1.54) is 0 Å². The van der Waals surface area contributed by atoms with Gasteiger partial charge in [0.1, 0.15) is 5.75 Å². The molecule has 0 amide bonds. The van der Waals surface area contributed by atoms with Crippen molar-refractivity contribution >= 4 is 23.1 Å². The zero-order chi connectivity index (χ0) is 15.9. The number of pyridine rings is 1. The lowest BCUT2D eigenvalue weighted by Crippen LogP contribution is -1.99. The van der Waals surface area contributed by atoms with Crippen LogP contribution in [-0.2, 0) is 0 Å². The fourth-order valence-corrected chi connectivity index (χ4v) is 3.02. The van der Waals surface area contributed by atoms with Gasteiger partial charge in [0.05, 0.1) is 18.2 Å². The molecule has 0 spiro atoms. The summed E-state index contributed by atoms with van der Waals surface area (Å²) in [5.74, 6) is -0.355. The van der Waals surface area contributed by atoms with Crippen LogP contribution in [0.25, 0.3) is 16.6 Å². The fourth-order valence-electron chi connectivity index (χ4n) is 2.75. The summed E-state index contributed by atoms with van der Waals surface area (Å²) in [6.07, 6.45) is 3.60. The Hall–Kier alpha value is -2.46. The molecular formula is C17H14ClNO3. The van der Waals surface area contributed by atoms with E-state index >= 15 is 0 Å². The second kappa shape index (κ2) is 5.39. The quantitative estimate of drug-likeness (QED) is 0.785. The molecule has 0 bridgehead atoms. The molecule has 3 rings (SSSR count). The van der Waals surface area contributed by atoms with E-state index < -0.39 is 5.97 Å². The van der Waals surface area contributed by atoms with E-state index in [0.29, 0.717) is 27.4 Å². The van der Waals surface area contributed by atoms with Crippen LogP contribution in [0.4, 0.5) is 0 Å². The first-order valence-corrected chi connectivity index (χ1v) is 7.08. The van der Waals surface area contributed by atoms with E-state index in [4.69, 9.17) is 16.3 Å². The van der Waals surface area contributed by atoms with Gasteiger partial charge >= 0.3 is 5.97 Å². The van der Waals surface area contributed by atoms with Crippen LogP contribution in [0.2, 0.25) is 5.02 Å². The first kappa shape index (κ1) is 14.5. The van der Waals surface area contributed by atoms with Crippen molar-refractivity contribution < 1.29 is 14.6 Å². The van der Waals surface area contributed by atoms with Crippen LogP contribution in [-0.4, -0.2) is 22.6 Å². The van der Waals surface area contributed by atoms with Crippen molar-refractivity contribution in [1.82, 2.24) is 4.40 Å². The van der Waals surface area contributed by atoms with Gasteiger partial charge in [-0.3, -0.25) is 0 Å². The highest BCUT2D eigenvalue weighted by Crippen LogP contribution is 2.39. The van der Waals surface area contributed by atoms with E-state index in [9.17, 15) is 9.90 Å². The average Bonchev–Trinajstić information content (AvgIpc) is 2.85. The highest BCUT2D eigenvalue weighted by molar-refractivity contribution is 6.31. The third-order valence-corrected chi connectivity index (χ3v) is 3.85. The number of ether oxygens (including phenoxy) is 1. The van der Waals surface area contributed by atoms with Crippen molar-refractivity contribution in [2.75, 3.05) is 7.11 Å².